The van der Waals surface area contributed by atoms with Crippen molar-refractivity contribution in [1.82, 2.24) is 53.9 Å². The van der Waals surface area contributed by atoms with E-state index in [0.717, 1.165) is 22.3 Å². The summed E-state index contributed by atoms with van der Waals surface area (Å²) in [4.78, 5) is 51.5. The van der Waals surface area contributed by atoms with Gasteiger partial charge in [0.1, 0.15) is 5.82 Å². The van der Waals surface area contributed by atoms with Gasteiger partial charge in [-0.05, 0) is 90.5 Å². The van der Waals surface area contributed by atoms with Crippen LogP contribution in [0.3, 0.4) is 0 Å². The molecule has 8 heterocycles. The second-order valence-corrected chi connectivity index (χ2v) is 14.2. The lowest BCUT2D eigenvalue weighted by atomic mass is 10.1. The predicted octanol–water partition coefficient (Wildman–Crippen LogP) is 4.16. The van der Waals surface area contributed by atoms with Gasteiger partial charge in [0, 0.05) is 96.4 Å². The summed E-state index contributed by atoms with van der Waals surface area (Å²) in [5, 5.41) is 38.2. The predicted molar refractivity (Wildman–Crippen MR) is 217 cm³/mol. The molecular formula is C41H34N14O4. The highest BCUT2D eigenvalue weighted by molar-refractivity contribution is 5.96. The number of amides is 2. The van der Waals surface area contributed by atoms with Gasteiger partial charge in [0.25, 0.3) is 11.8 Å². The minimum absolute atomic E-state index is 0.117. The van der Waals surface area contributed by atoms with Gasteiger partial charge in [-0.3, -0.25) is 14.6 Å². The number of aliphatic hydroxyl groups is 2. The molecule has 2 aliphatic rings. The van der Waals surface area contributed by atoms with Crippen molar-refractivity contribution in [2.24, 2.45) is 0 Å². The van der Waals surface area contributed by atoms with Crippen molar-refractivity contribution in [3.8, 4) is 22.3 Å². The Balaban J connectivity index is 0.875. The largest absolute Gasteiger partial charge is 0.389 e. The summed E-state index contributed by atoms with van der Waals surface area (Å²) >= 11 is 0. The van der Waals surface area contributed by atoms with E-state index in [1.54, 1.807) is 98.3 Å². The number of rotatable bonds is 10. The molecule has 2 saturated heterocycles. The van der Waals surface area contributed by atoms with Crippen LogP contribution in [0.5, 0.6) is 0 Å². The first-order valence-corrected chi connectivity index (χ1v) is 18.8. The molecule has 0 spiro atoms. The third kappa shape index (κ3) is 6.98. The number of benzene rings is 2. The molecule has 0 aliphatic carbocycles. The fourth-order valence-corrected chi connectivity index (χ4v) is 6.95. The molecule has 2 fully saturated rings. The molecule has 0 radical (unpaired) electrons. The molecule has 2 aromatic carbocycles. The molecular weight excluding hydrogens is 753 g/mol. The molecule has 292 valence electrons. The summed E-state index contributed by atoms with van der Waals surface area (Å²) < 4.78 is 3.35. The van der Waals surface area contributed by atoms with Crippen LogP contribution in [-0.4, -0.2) is 114 Å². The van der Waals surface area contributed by atoms with E-state index < -0.39 is 12.2 Å². The number of fused-ring (bicyclic) bond motifs is 2. The number of carbonyl (C=O) groups excluding carboxylic acids is 2. The molecule has 18 nitrogen and oxygen atoms in total. The number of likely N-dealkylation sites (tertiary alicyclic amines) is 2. The maximum atomic E-state index is 12.7. The van der Waals surface area contributed by atoms with Gasteiger partial charge in [0.05, 0.1) is 12.2 Å². The lowest BCUT2D eigenvalue weighted by Crippen LogP contribution is -2.53. The average Bonchev–Trinajstić information content (AvgIpc) is 3.86. The van der Waals surface area contributed by atoms with Gasteiger partial charge in [-0.2, -0.15) is 14.5 Å². The molecule has 0 saturated carbocycles. The van der Waals surface area contributed by atoms with E-state index in [1.807, 2.05) is 36.4 Å². The molecule has 5 N–H and O–H groups in total. The normalized spacial score (nSPS) is 14.3. The number of anilines is 6. The van der Waals surface area contributed by atoms with Crippen molar-refractivity contribution in [2.75, 3.05) is 42.1 Å². The highest BCUT2D eigenvalue weighted by Crippen LogP contribution is 2.30. The summed E-state index contributed by atoms with van der Waals surface area (Å²) in [6.07, 6.45) is 7.73. The van der Waals surface area contributed by atoms with E-state index in [4.69, 9.17) is 15.1 Å². The van der Waals surface area contributed by atoms with Gasteiger partial charge in [-0.1, -0.05) is 0 Å². The van der Waals surface area contributed by atoms with Crippen molar-refractivity contribution in [3.63, 3.8) is 0 Å². The first kappa shape index (κ1) is 35.6. The van der Waals surface area contributed by atoms with Crippen LogP contribution < -0.4 is 16.0 Å². The van der Waals surface area contributed by atoms with Crippen LogP contribution in [0.25, 0.3) is 33.5 Å². The number of nitrogens with zero attached hydrogens (tertiary/aromatic N) is 11. The Labute approximate surface area is 334 Å². The smallest absolute Gasteiger partial charge is 0.254 e. The first-order valence-electron chi connectivity index (χ1n) is 18.8. The number of aliphatic hydroxyl groups excluding tert-OH is 2. The fourth-order valence-electron chi connectivity index (χ4n) is 6.95. The van der Waals surface area contributed by atoms with Crippen molar-refractivity contribution >= 4 is 58.1 Å². The minimum atomic E-state index is -0.465. The Hall–Kier alpha value is -7.83. The average molecular weight is 787 g/mol. The Morgan fingerprint density at radius 1 is 0.593 bits per heavy atom. The quantitative estimate of drug-likeness (QED) is 0.132. The number of hydrogen-bond acceptors (Lipinski definition) is 14. The molecule has 59 heavy (non-hydrogen) atoms. The number of nitrogens with one attached hydrogen (secondary N) is 3. The zero-order chi connectivity index (χ0) is 40.0. The van der Waals surface area contributed by atoms with Gasteiger partial charge in [0.15, 0.2) is 11.3 Å². The Morgan fingerprint density at radius 3 is 1.75 bits per heavy atom. The number of carbonyl (C=O) groups is 2. The number of β-amino-alcohol motifs (C(OH)–C–C–N with tert-alkyl or cyclic N) is 2. The topological polar surface area (TPSA) is 216 Å². The van der Waals surface area contributed by atoms with Gasteiger partial charge >= 0.3 is 0 Å². The number of hydrogen-bond donors (Lipinski definition) is 5. The van der Waals surface area contributed by atoms with Crippen LogP contribution in [-0.2, 0) is 0 Å². The molecule has 10 rings (SSSR count). The molecule has 18 heteroatoms. The standard InChI is InChI=1S/C41H34N14O4/c56-30-20-52(21-30)37(58)25-3-7-28(8-4-25)45-40-48-35-32(2-1-17-54(35)50-40)27-18-43-39(44-19-27)47-34-12-11-33(24-13-15-42-16-14-24)36-49-41(51-55(34)36)46-29-9-5-26(6-10-29)38(59)53-22-31(57)23-53/h1-19,30-31,56-57H,20-23H2,(H,45,50)(H,46,51)(H,43,44,47). The maximum absolute atomic E-state index is 12.7. The van der Waals surface area contributed by atoms with Crippen molar-refractivity contribution in [3.05, 3.63) is 127 Å². The summed E-state index contributed by atoms with van der Waals surface area (Å²) in [6.45, 7) is 1.37. The minimum Gasteiger partial charge on any atom is -0.389 e. The van der Waals surface area contributed by atoms with Gasteiger partial charge in [-0.25, -0.2) is 14.5 Å². The zero-order valence-electron chi connectivity index (χ0n) is 31.1. The Kier molecular flexibility index (Phi) is 8.80. The van der Waals surface area contributed by atoms with E-state index in [-0.39, 0.29) is 11.8 Å². The van der Waals surface area contributed by atoms with Crippen LogP contribution in [0, 0.1) is 0 Å². The van der Waals surface area contributed by atoms with Crippen LogP contribution in [0.2, 0.25) is 0 Å². The summed E-state index contributed by atoms with van der Waals surface area (Å²) in [7, 11) is 0. The highest BCUT2D eigenvalue weighted by atomic mass is 16.3. The van der Waals surface area contributed by atoms with Crippen molar-refractivity contribution in [1.29, 1.82) is 0 Å². The third-order valence-corrected chi connectivity index (χ3v) is 10.1. The van der Waals surface area contributed by atoms with E-state index in [2.05, 4.69) is 36.0 Å². The number of aromatic nitrogens is 9. The molecule has 0 atom stereocenters. The van der Waals surface area contributed by atoms with Crippen molar-refractivity contribution in [2.45, 2.75) is 12.2 Å². The van der Waals surface area contributed by atoms with Crippen LogP contribution in [0.15, 0.2) is 116 Å². The Bertz CT molecular complexity index is 2840. The lowest BCUT2D eigenvalue weighted by Gasteiger charge is -2.35. The van der Waals surface area contributed by atoms with Crippen LogP contribution in [0.4, 0.5) is 35.0 Å². The summed E-state index contributed by atoms with van der Waals surface area (Å²) in [5.74, 6) is 1.36. The monoisotopic (exact) mass is 786 g/mol. The Morgan fingerprint density at radius 2 is 1.15 bits per heavy atom. The van der Waals surface area contributed by atoms with E-state index in [9.17, 15) is 19.8 Å². The molecule has 8 aromatic rings. The third-order valence-electron chi connectivity index (χ3n) is 10.1. The second-order valence-electron chi connectivity index (χ2n) is 14.2. The summed E-state index contributed by atoms with van der Waals surface area (Å²) in [6, 6.07) is 25.5. The second kappa shape index (κ2) is 14.6. The molecule has 0 unspecified atom stereocenters. The SMILES string of the molecule is O=C(c1ccc(Nc2nc3c(-c4cnc(Nc5ccc(-c6ccncc6)c6nc(Nc7ccc(C(=O)N8CC(O)C8)cc7)nn56)nc4)cccn3n2)cc1)N1CC(O)C1. The van der Waals surface area contributed by atoms with Crippen LogP contribution >= 0.6 is 0 Å². The lowest BCUT2D eigenvalue weighted by molar-refractivity contribution is 0.00587. The zero-order valence-corrected chi connectivity index (χ0v) is 31.1. The van der Waals surface area contributed by atoms with E-state index in [0.29, 0.717) is 83.6 Å². The first-order chi connectivity index (χ1) is 28.8. The highest BCUT2D eigenvalue weighted by Gasteiger charge is 2.30. The fraction of sp³-hybridized carbons (Fsp3) is 0.146. The summed E-state index contributed by atoms with van der Waals surface area (Å²) in [5.41, 5.74) is 6.87. The van der Waals surface area contributed by atoms with Gasteiger partial charge < -0.3 is 36.0 Å². The molecule has 0 bridgehead atoms. The number of pyridine rings is 3. The van der Waals surface area contributed by atoms with Gasteiger partial charge in [0.2, 0.25) is 17.8 Å². The van der Waals surface area contributed by atoms with E-state index >= 15 is 0 Å². The van der Waals surface area contributed by atoms with Crippen molar-refractivity contribution < 1.29 is 19.8 Å². The molecule has 2 amide bonds. The van der Waals surface area contributed by atoms with Crippen LogP contribution in [0.1, 0.15) is 20.7 Å². The van der Waals surface area contributed by atoms with E-state index in [1.165, 1.54) is 0 Å². The molecule has 6 aromatic heterocycles. The van der Waals surface area contributed by atoms with Gasteiger partial charge in [-0.15, -0.1) is 10.2 Å². The maximum Gasteiger partial charge on any atom is 0.254 e. The molecule has 2 aliphatic heterocycles.